The molecular weight excluding hydrogens is 324 g/mol. The Morgan fingerprint density at radius 3 is 2.58 bits per heavy atom. The highest BCUT2D eigenvalue weighted by Gasteiger charge is 2.08. The number of aromatic nitrogens is 1. The second-order valence-electron chi connectivity index (χ2n) is 5.51. The average molecular weight is 340 g/mol. The van der Waals surface area contributed by atoms with E-state index < -0.39 is 5.97 Å². The molecule has 0 saturated carbocycles. The zero-order valence-corrected chi connectivity index (χ0v) is 13.9. The van der Waals surface area contributed by atoms with Crippen LogP contribution in [0.15, 0.2) is 42.5 Å². The lowest BCUT2D eigenvalue weighted by Gasteiger charge is -2.04. The van der Waals surface area contributed by atoms with E-state index in [0.29, 0.717) is 5.69 Å². The van der Waals surface area contributed by atoms with Crippen molar-refractivity contribution in [2.24, 2.45) is 0 Å². The van der Waals surface area contributed by atoms with Gasteiger partial charge in [0.1, 0.15) is 5.01 Å². The van der Waals surface area contributed by atoms with Gasteiger partial charge in [-0.25, -0.2) is 4.98 Å². The van der Waals surface area contributed by atoms with Crippen molar-refractivity contribution in [2.75, 3.05) is 5.32 Å². The second-order valence-corrected chi connectivity index (χ2v) is 6.54. The number of hydrogen-bond donors (Lipinski definition) is 2. The van der Waals surface area contributed by atoms with Gasteiger partial charge in [0.25, 0.3) is 0 Å². The molecule has 2 N–H and O–H groups in total. The lowest BCUT2D eigenvalue weighted by molar-refractivity contribution is -0.138. The normalized spacial score (nSPS) is 10.7. The number of anilines is 1. The number of rotatable bonds is 5. The number of carboxylic acids is 1. The predicted octanol–water partition coefficient (Wildman–Crippen LogP) is 4.08. The van der Waals surface area contributed by atoms with Crippen LogP contribution >= 0.6 is 11.3 Å². The number of carbonyl (C=O) groups excluding carboxylic acids is 1. The number of aryl methyl sites for hydroxylation is 1. The van der Waals surface area contributed by atoms with Crippen molar-refractivity contribution in [2.45, 2.75) is 19.8 Å². The smallest absolute Gasteiger partial charge is 0.303 e. The minimum Gasteiger partial charge on any atom is -0.481 e. The SMILES string of the molecule is Cc1ccc2nc(-c3ccc(NC(=O)CCC(=O)O)cc3)sc2c1. The van der Waals surface area contributed by atoms with Crippen LogP contribution in [0, 0.1) is 6.92 Å². The first-order valence-corrected chi connectivity index (χ1v) is 8.32. The summed E-state index contributed by atoms with van der Waals surface area (Å²) in [6, 6.07) is 13.6. The molecule has 1 aromatic heterocycles. The third-order valence-corrected chi connectivity index (χ3v) is 4.59. The molecule has 5 nitrogen and oxygen atoms in total. The van der Waals surface area contributed by atoms with Crippen LogP contribution in [0.1, 0.15) is 18.4 Å². The Kier molecular flexibility index (Phi) is 4.57. The quantitative estimate of drug-likeness (QED) is 0.733. The van der Waals surface area contributed by atoms with Gasteiger partial charge >= 0.3 is 5.97 Å². The zero-order valence-electron chi connectivity index (χ0n) is 13.1. The summed E-state index contributed by atoms with van der Waals surface area (Å²) in [5.74, 6) is -1.29. The van der Waals surface area contributed by atoms with E-state index in [9.17, 15) is 9.59 Å². The molecule has 0 saturated heterocycles. The van der Waals surface area contributed by atoms with Gasteiger partial charge < -0.3 is 10.4 Å². The highest BCUT2D eigenvalue weighted by atomic mass is 32.1. The maximum atomic E-state index is 11.6. The van der Waals surface area contributed by atoms with Crippen molar-refractivity contribution in [1.82, 2.24) is 4.98 Å². The number of aliphatic carboxylic acids is 1. The van der Waals surface area contributed by atoms with Crippen molar-refractivity contribution in [1.29, 1.82) is 0 Å². The van der Waals surface area contributed by atoms with E-state index >= 15 is 0 Å². The van der Waals surface area contributed by atoms with Crippen LogP contribution in [0.25, 0.3) is 20.8 Å². The standard InChI is InChI=1S/C18H16N2O3S/c1-11-2-7-14-15(10-11)24-18(20-14)12-3-5-13(6-4-12)19-16(21)8-9-17(22)23/h2-7,10H,8-9H2,1H3,(H,19,21)(H,22,23). The summed E-state index contributed by atoms with van der Waals surface area (Å²) in [5.41, 5.74) is 3.81. The zero-order chi connectivity index (χ0) is 17.1. The number of thiazole rings is 1. The van der Waals surface area contributed by atoms with Gasteiger partial charge in [-0.05, 0) is 48.9 Å². The van der Waals surface area contributed by atoms with Crippen LogP contribution in [0.4, 0.5) is 5.69 Å². The molecule has 1 amide bonds. The van der Waals surface area contributed by atoms with Crippen LogP contribution < -0.4 is 5.32 Å². The highest BCUT2D eigenvalue weighted by molar-refractivity contribution is 7.21. The second kappa shape index (κ2) is 6.80. The molecule has 24 heavy (non-hydrogen) atoms. The molecule has 0 spiro atoms. The Hall–Kier alpha value is -2.73. The number of carboxylic acid groups (broad SMARTS) is 1. The van der Waals surface area contributed by atoms with Crippen LogP contribution in [-0.2, 0) is 9.59 Å². The number of fused-ring (bicyclic) bond motifs is 1. The molecule has 2 aromatic carbocycles. The van der Waals surface area contributed by atoms with Gasteiger partial charge in [-0.3, -0.25) is 9.59 Å². The van der Waals surface area contributed by atoms with Gasteiger partial charge in [-0.15, -0.1) is 11.3 Å². The Balaban J connectivity index is 1.73. The minimum absolute atomic E-state index is 0.0334. The lowest BCUT2D eigenvalue weighted by atomic mass is 10.2. The molecule has 0 fully saturated rings. The topological polar surface area (TPSA) is 79.3 Å². The lowest BCUT2D eigenvalue weighted by Crippen LogP contribution is -2.12. The van der Waals surface area contributed by atoms with Crippen LogP contribution in [-0.4, -0.2) is 22.0 Å². The van der Waals surface area contributed by atoms with Crippen LogP contribution in [0.3, 0.4) is 0 Å². The highest BCUT2D eigenvalue weighted by Crippen LogP contribution is 2.31. The Morgan fingerprint density at radius 1 is 1.12 bits per heavy atom. The maximum absolute atomic E-state index is 11.6. The van der Waals surface area contributed by atoms with Crippen molar-refractivity contribution in [3.05, 3.63) is 48.0 Å². The number of amides is 1. The van der Waals surface area contributed by atoms with Crippen molar-refractivity contribution >= 4 is 39.1 Å². The number of nitrogens with one attached hydrogen (secondary N) is 1. The molecule has 0 aliphatic rings. The largest absolute Gasteiger partial charge is 0.481 e. The molecule has 0 bridgehead atoms. The fourth-order valence-corrected chi connectivity index (χ4v) is 3.36. The van der Waals surface area contributed by atoms with Crippen LogP contribution in [0.2, 0.25) is 0 Å². The molecule has 0 aliphatic carbocycles. The maximum Gasteiger partial charge on any atom is 0.303 e. The molecule has 122 valence electrons. The van der Waals surface area contributed by atoms with Gasteiger partial charge in [-0.2, -0.15) is 0 Å². The summed E-state index contributed by atoms with van der Waals surface area (Å²) in [7, 11) is 0. The summed E-state index contributed by atoms with van der Waals surface area (Å²) in [4.78, 5) is 26.7. The third-order valence-electron chi connectivity index (χ3n) is 3.53. The summed E-state index contributed by atoms with van der Waals surface area (Å²) in [5, 5.41) is 12.2. The molecule has 0 radical (unpaired) electrons. The van der Waals surface area contributed by atoms with Gasteiger partial charge in [-0.1, -0.05) is 6.07 Å². The number of benzene rings is 2. The fraction of sp³-hybridized carbons (Fsp3) is 0.167. The fourth-order valence-electron chi connectivity index (χ4n) is 2.30. The molecule has 3 aromatic rings. The van der Waals surface area contributed by atoms with E-state index in [1.165, 1.54) is 5.56 Å². The third kappa shape index (κ3) is 3.78. The molecule has 0 atom stereocenters. The van der Waals surface area contributed by atoms with Crippen molar-refractivity contribution < 1.29 is 14.7 Å². The first-order valence-electron chi connectivity index (χ1n) is 7.50. The van der Waals surface area contributed by atoms with Gasteiger partial charge in [0.2, 0.25) is 5.91 Å². The van der Waals surface area contributed by atoms with Gasteiger partial charge in [0, 0.05) is 17.7 Å². The van der Waals surface area contributed by atoms with E-state index in [1.807, 2.05) is 24.3 Å². The van der Waals surface area contributed by atoms with E-state index in [4.69, 9.17) is 5.11 Å². The molecule has 0 unspecified atom stereocenters. The Bertz CT molecular complexity index is 900. The first kappa shape index (κ1) is 16.1. The van der Waals surface area contributed by atoms with Crippen LogP contribution in [0.5, 0.6) is 0 Å². The van der Waals surface area contributed by atoms with Gasteiger partial charge in [0.15, 0.2) is 0 Å². The summed E-state index contributed by atoms with van der Waals surface area (Å²) < 4.78 is 1.15. The Morgan fingerprint density at radius 2 is 1.88 bits per heavy atom. The van der Waals surface area contributed by atoms with Crippen molar-refractivity contribution in [3.63, 3.8) is 0 Å². The van der Waals surface area contributed by atoms with E-state index in [2.05, 4.69) is 23.3 Å². The minimum atomic E-state index is -0.980. The van der Waals surface area contributed by atoms with E-state index in [-0.39, 0.29) is 18.7 Å². The number of hydrogen-bond acceptors (Lipinski definition) is 4. The molecular formula is C18H16N2O3S. The summed E-state index contributed by atoms with van der Waals surface area (Å²) >= 11 is 1.63. The summed E-state index contributed by atoms with van der Waals surface area (Å²) in [6.45, 7) is 2.06. The predicted molar refractivity (Wildman–Crippen MR) is 95.3 cm³/mol. The molecule has 6 heteroatoms. The summed E-state index contributed by atoms with van der Waals surface area (Å²) in [6.07, 6.45) is -0.205. The van der Waals surface area contributed by atoms with Gasteiger partial charge in [0.05, 0.1) is 16.6 Å². The first-order chi connectivity index (χ1) is 11.5. The average Bonchev–Trinajstić information content (AvgIpc) is 2.96. The number of nitrogens with zero attached hydrogens (tertiary/aromatic N) is 1. The monoisotopic (exact) mass is 340 g/mol. The van der Waals surface area contributed by atoms with E-state index in [1.54, 1.807) is 23.5 Å². The Labute approximate surface area is 143 Å². The number of carbonyl (C=O) groups is 2. The molecule has 3 rings (SSSR count). The molecule has 1 heterocycles. The van der Waals surface area contributed by atoms with Crippen molar-refractivity contribution in [3.8, 4) is 10.6 Å². The van der Waals surface area contributed by atoms with E-state index in [0.717, 1.165) is 20.8 Å². The molecule has 0 aliphatic heterocycles.